The second-order valence-electron chi connectivity index (χ2n) is 7.43. The van der Waals surface area contributed by atoms with Crippen molar-refractivity contribution in [2.45, 2.75) is 13.0 Å². The Morgan fingerprint density at radius 1 is 1.09 bits per heavy atom. The summed E-state index contributed by atoms with van der Waals surface area (Å²) in [5.74, 6) is 2.04. The maximum absolute atomic E-state index is 12.8. The molecule has 1 unspecified atom stereocenters. The van der Waals surface area contributed by atoms with Crippen molar-refractivity contribution in [1.29, 1.82) is 0 Å². The molecule has 2 aliphatic heterocycles. The summed E-state index contributed by atoms with van der Waals surface area (Å²) in [5, 5.41) is 6.31. The van der Waals surface area contributed by atoms with Crippen LogP contribution in [0.15, 0.2) is 34.9 Å². The minimum absolute atomic E-state index is 0.0571. The summed E-state index contributed by atoms with van der Waals surface area (Å²) in [4.78, 5) is 40.6. The Kier molecular flexibility index (Phi) is 6.84. The van der Waals surface area contributed by atoms with Crippen LogP contribution in [-0.2, 0) is 14.4 Å². The first kappa shape index (κ1) is 22.0. The number of thioether (sulfide) groups is 1. The third kappa shape index (κ3) is 5.34. The Morgan fingerprint density at radius 2 is 1.81 bits per heavy atom. The van der Waals surface area contributed by atoms with E-state index in [2.05, 4.69) is 10.5 Å². The fourth-order valence-corrected chi connectivity index (χ4v) is 4.16. The van der Waals surface area contributed by atoms with Gasteiger partial charge in [-0.2, -0.15) is 0 Å². The predicted molar refractivity (Wildman–Crippen MR) is 117 cm³/mol. The Labute approximate surface area is 189 Å². The van der Waals surface area contributed by atoms with Gasteiger partial charge in [-0.3, -0.25) is 14.4 Å². The number of nitrogens with one attached hydrogen (secondary N) is 1. The number of carbonyl (C=O) groups excluding carboxylic acids is 3. The first-order chi connectivity index (χ1) is 15.5. The number of fused-ring (bicyclic) bond motifs is 1. The highest BCUT2D eigenvalue weighted by Crippen LogP contribution is 2.31. The monoisotopic (exact) mass is 460 g/mol. The van der Waals surface area contributed by atoms with Crippen LogP contribution >= 0.6 is 11.8 Å². The summed E-state index contributed by atoms with van der Waals surface area (Å²) in [6.45, 7) is 3.66. The summed E-state index contributed by atoms with van der Waals surface area (Å²) >= 11 is 1.23. The van der Waals surface area contributed by atoms with Gasteiger partial charge in [0.1, 0.15) is 12.4 Å². The number of carbonyl (C=O) groups is 3. The van der Waals surface area contributed by atoms with Gasteiger partial charge in [-0.1, -0.05) is 17.3 Å². The smallest absolute Gasteiger partial charge is 0.267 e. The van der Waals surface area contributed by atoms with Crippen molar-refractivity contribution in [3.8, 4) is 11.5 Å². The molecule has 10 nitrogen and oxygen atoms in total. The van der Waals surface area contributed by atoms with Gasteiger partial charge < -0.3 is 29.1 Å². The molecule has 0 radical (unpaired) electrons. The Balaban J connectivity index is 1.17. The highest BCUT2D eigenvalue weighted by Gasteiger charge is 2.33. The largest absolute Gasteiger partial charge is 0.485 e. The van der Waals surface area contributed by atoms with Crippen LogP contribution in [0, 0.1) is 6.92 Å². The molecule has 1 aromatic carbocycles. The zero-order valence-electron chi connectivity index (χ0n) is 17.6. The maximum Gasteiger partial charge on any atom is 0.267 e. The lowest BCUT2D eigenvalue weighted by atomic mass is 10.2. The molecule has 11 heteroatoms. The van der Waals surface area contributed by atoms with Crippen LogP contribution in [-0.4, -0.2) is 83.1 Å². The molecule has 170 valence electrons. The van der Waals surface area contributed by atoms with Gasteiger partial charge >= 0.3 is 0 Å². The number of benzene rings is 1. The molecule has 1 aromatic heterocycles. The normalized spacial score (nSPS) is 17.7. The van der Waals surface area contributed by atoms with Crippen LogP contribution < -0.4 is 14.8 Å². The van der Waals surface area contributed by atoms with Crippen LogP contribution in [0.1, 0.15) is 5.76 Å². The van der Waals surface area contributed by atoms with Crippen LogP contribution in [0.4, 0.5) is 5.82 Å². The zero-order chi connectivity index (χ0) is 22.5. The van der Waals surface area contributed by atoms with E-state index in [1.807, 2.05) is 12.1 Å². The molecule has 3 heterocycles. The van der Waals surface area contributed by atoms with Crippen LogP contribution in [0.5, 0.6) is 11.5 Å². The fourth-order valence-electron chi connectivity index (χ4n) is 3.45. The third-order valence-electron chi connectivity index (χ3n) is 5.08. The minimum atomic E-state index is -0.685. The van der Waals surface area contributed by atoms with E-state index >= 15 is 0 Å². The number of hydrogen-bond acceptors (Lipinski definition) is 8. The van der Waals surface area contributed by atoms with Crippen molar-refractivity contribution in [2.75, 3.05) is 49.6 Å². The van der Waals surface area contributed by atoms with Gasteiger partial charge in [-0.25, -0.2) is 0 Å². The molecule has 4 rings (SSSR count). The van der Waals surface area contributed by atoms with Crippen LogP contribution in [0.2, 0.25) is 0 Å². The van der Waals surface area contributed by atoms with Gasteiger partial charge in [0.25, 0.3) is 5.91 Å². The van der Waals surface area contributed by atoms with Crippen LogP contribution in [0.3, 0.4) is 0 Å². The lowest BCUT2D eigenvalue weighted by Crippen LogP contribution is -2.55. The van der Waals surface area contributed by atoms with E-state index in [0.29, 0.717) is 49.3 Å². The average Bonchev–Trinajstić information content (AvgIpc) is 3.22. The average molecular weight is 461 g/mol. The molecule has 32 heavy (non-hydrogen) atoms. The van der Waals surface area contributed by atoms with E-state index in [9.17, 15) is 14.4 Å². The maximum atomic E-state index is 12.8. The number of aryl methyl sites for hydroxylation is 1. The van der Waals surface area contributed by atoms with Crippen LogP contribution in [0.25, 0.3) is 0 Å². The first-order valence-electron chi connectivity index (χ1n) is 10.3. The molecule has 3 amide bonds. The summed E-state index contributed by atoms with van der Waals surface area (Å²) in [6, 6.07) is 8.88. The Morgan fingerprint density at radius 3 is 2.53 bits per heavy atom. The molecule has 1 saturated heterocycles. The molecule has 0 spiro atoms. The van der Waals surface area contributed by atoms with Gasteiger partial charge in [0.05, 0.1) is 11.5 Å². The number of hydrogen-bond donors (Lipinski definition) is 1. The van der Waals surface area contributed by atoms with Crippen molar-refractivity contribution in [3.63, 3.8) is 0 Å². The van der Waals surface area contributed by atoms with E-state index < -0.39 is 6.10 Å². The summed E-state index contributed by atoms with van der Waals surface area (Å²) in [5.41, 5.74) is 0. The highest BCUT2D eigenvalue weighted by molar-refractivity contribution is 8.00. The topological polar surface area (TPSA) is 114 Å². The summed E-state index contributed by atoms with van der Waals surface area (Å²) in [7, 11) is 0. The molecule has 2 aliphatic rings. The second-order valence-corrected chi connectivity index (χ2v) is 8.42. The zero-order valence-corrected chi connectivity index (χ0v) is 18.4. The molecule has 1 N–H and O–H groups in total. The van der Waals surface area contributed by atoms with E-state index in [1.165, 1.54) is 11.8 Å². The number of rotatable bonds is 6. The van der Waals surface area contributed by atoms with Gasteiger partial charge in [-0.05, 0) is 19.1 Å². The number of ether oxygens (including phenoxy) is 2. The number of para-hydroxylation sites is 2. The van der Waals surface area contributed by atoms with E-state index in [1.54, 1.807) is 34.9 Å². The van der Waals surface area contributed by atoms with Crippen molar-refractivity contribution in [3.05, 3.63) is 36.1 Å². The number of anilines is 1. The van der Waals surface area contributed by atoms with E-state index in [4.69, 9.17) is 14.0 Å². The van der Waals surface area contributed by atoms with Crippen molar-refractivity contribution in [2.24, 2.45) is 0 Å². The molecular formula is C21H24N4O6S. The standard InChI is InChI=1S/C21H24N4O6S/c1-14-10-18(23-31-14)22-19(26)12-32-13-20(27)24-6-8-25(9-7-24)21(28)17-11-29-15-4-2-3-5-16(15)30-17/h2-5,10,17H,6-9,11-13H2,1H3,(H,22,23,26). The molecular weight excluding hydrogens is 436 g/mol. The number of piperazine rings is 1. The molecule has 1 atom stereocenters. The highest BCUT2D eigenvalue weighted by atomic mass is 32.2. The molecule has 0 saturated carbocycles. The lowest BCUT2D eigenvalue weighted by Gasteiger charge is -2.37. The third-order valence-corrected chi connectivity index (χ3v) is 6.00. The number of aromatic nitrogens is 1. The van der Waals surface area contributed by atoms with Gasteiger partial charge in [0.15, 0.2) is 17.3 Å². The Bertz CT molecular complexity index is 988. The lowest BCUT2D eigenvalue weighted by molar-refractivity contribution is -0.145. The van der Waals surface area contributed by atoms with Gasteiger partial charge in [0, 0.05) is 32.2 Å². The number of amides is 3. The van der Waals surface area contributed by atoms with Gasteiger partial charge in [0.2, 0.25) is 17.9 Å². The quantitative estimate of drug-likeness (QED) is 0.683. The molecule has 0 bridgehead atoms. The summed E-state index contributed by atoms with van der Waals surface area (Å²) < 4.78 is 16.3. The van der Waals surface area contributed by atoms with E-state index in [-0.39, 0.29) is 35.8 Å². The molecule has 2 aromatic rings. The number of nitrogens with zero attached hydrogens (tertiary/aromatic N) is 3. The Hall–Kier alpha value is -3.21. The van der Waals surface area contributed by atoms with Crippen molar-refractivity contribution in [1.82, 2.24) is 15.0 Å². The second kappa shape index (κ2) is 9.94. The summed E-state index contributed by atoms with van der Waals surface area (Å²) in [6.07, 6.45) is -0.685. The SMILES string of the molecule is Cc1cc(NC(=O)CSCC(=O)N2CCN(C(=O)C3COc4ccccc4O3)CC2)no1. The molecule has 0 aliphatic carbocycles. The fraction of sp³-hybridized carbons (Fsp3) is 0.429. The van der Waals surface area contributed by atoms with E-state index in [0.717, 1.165) is 0 Å². The van der Waals surface area contributed by atoms with Crippen molar-refractivity contribution >= 4 is 35.3 Å². The predicted octanol–water partition coefficient (Wildman–Crippen LogP) is 1.17. The minimum Gasteiger partial charge on any atom is -0.485 e. The van der Waals surface area contributed by atoms with Crippen molar-refractivity contribution < 1.29 is 28.4 Å². The molecule has 1 fully saturated rings. The first-order valence-corrected chi connectivity index (χ1v) is 11.4. The van der Waals surface area contributed by atoms with Gasteiger partial charge in [-0.15, -0.1) is 11.8 Å².